The highest BCUT2D eigenvalue weighted by molar-refractivity contribution is 7.52. The first kappa shape index (κ1) is 13.8. The van der Waals surface area contributed by atoms with Gasteiger partial charge in [-0.15, -0.1) is 0 Å². The second-order valence-corrected chi connectivity index (χ2v) is 6.88. The molecule has 1 atom stereocenters. The zero-order valence-corrected chi connectivity index (χ0v) is 10.6. The highest BCUT2D eigenvalue weighted by Gasteiger charge is 2.27. The standard InChI is InChI=1S/C9H21NO3P/c1-10(2,3)14(7-6-12-4)8-9(11)13-5/h6-8H2,1-5H3/q+1. The Labute approximate surface area is 87.6 Å². The second-order valence-electron chi connectivity index (χ2n) is 3.90. The van der Waals surface area contributed by atoms with Gasteiger partial charge in [0.15, 0.2) is 0 Å². The average Bonchev–Trinajstić information content (AvgIpc) is 2.09. The first-order valence-electron chi connectivity index (χ1n) is 4.54. The molecule has 84 valence electrons. The van der Waals surface area contributed by atoms with Gasteiger partial charge in [-0.2, -0.15) is 0 Å². The summed E-state index contributed by atoms with van der Waals surface area (Å²) in [5.74, 6) is -0.125. The van der Waals surface area contributed by atoms with Gasteiger partial charge < -0.3 is 13.7 Å². The highest BCUT2D eigenvalue weighted by Crippen LogP contribution is 2.42. The van der Waals surface area contributed by atoms with Crippen LogP contribution in [-0.4, -0.2) is 64.5 Å². The van der Waals surface area contributed by atoms with Gasteiger partial charge in [0.05, 0.1) is 34.9 Å². The monoisotopic (exact) mass is 222 g/mol. The van der Waals surface area contributed by atoms with Gasteiger partial charge in [-0.05, 0) is 0 Å². The molecule has 5 heteroatoms. The van der Waals surface area contributed by atoms with Crippen molar-refractivity contribution >= 4 is 14.0 Å². The Hall–Kier alpha value is -0.180. The third-order valence-corrected chi connectivity index (χ3v) is 4.96. The van der Waals surface area contributed by atoms with Crippen molar-refractivity contribution in [2.45, 2.75) is 0 Å². The molecule has 0 heterocycles. The van der Waals surface area contributed by atoms with E-state index in [-0.39, 0.29) is 5.97 Å². The van der Waals surface area contributed by atoms with Crippen LogP contribution in [0.4, 0.5) is 0 Å². The lowest BCUT2D eigenvalue weighted by molar-refractivity contribution is -0.740. The summed E-state index contributed by atoms with van der Waals surface area (Å²) in [5, 5.41) is 0. The molecule has 0 N–H and O–H groups in total. The van der Waals surface area contributed by atoms with E-state index < -0.39 is 8.07 Å². The number of nitrogens with zero attached hydrogens (tertiary/aromatic N) is 1. The van der Waals surface area contributed by atoms with E-state index in [2.05, 4.69) is 25.9 Å². The van der Waals surface area contributed by atoms with Crippen LogP contribution in [0.5, 0.6) is 0 Å². The van der Waals surface area contributed by atoms with E-state index in [0.717, 1.165) is 10.4 Å². The largest absolute Gasteiger partial charge is 0.469 e. The molecule has 14 heavy (non-hydrogen) atoms. The van der Waals surface area contributed by atoms with E-state index in [1.165, 1.54) is 7.11 Å². The maximum atomic E-state index is 11.2. The predicted octanol–water partition coefficient (Wildman–Crippen LogP) is 0.909. The minimum absolute atomic E-state index is 0.125. The third kappa shape index (κ3) is 5.53. The molecule has 4 nitrogen and oxygen atoms in total. The molecule has 0 aliphatic heterocycles. The van der Waals surface area contributed by atoms with Crippen molar-refractivity contribution < 1.29 is 18.5 Å². The molecule has 0 spiro atoms. The van der Waals surface area contributed by atoms with Gasteiger partial charge in [0, 0.05) is 13.3 Å². The van der Waals surface area contributed by atoms with Crippen molar-refractivity contribution in [3.63, 3.8) is 0 Å². The molecule has 1 unspecified atom stereocenters. The lowest BCUT2D eigenvalue weighted by Crippen LogP contribution is -2.32. The molecule has 0 saturated heterocycles. The Balaban J connectivity index is 4.18. The first-order valence-corrected chi connectivity index (χ1v) is 6.21. The molecule has 0 amide bonds. The van der Waals surface area contributed by atoms with Crippen molar-refractivity contribution in [2.75, 3.05) is 54.3 Å². The zero-order chi connectivity index (χ0) is 11.2. The molecule has 0 aromatic rings. The Morgan fingerprint density at radius 3 is 2.21 bits per heavy atom. The lowest BCUT2D eigenvalue weighted by atomic mass is 10.8. The smallest absolute Gasteiger partial charge is 0.315 e. The summed E-state index contributed by atoms with van der Waals surface area (Å²) in [7, 11) is 9.00. The number of rotatable bonds is 6. The summed E-state index contributed by atoms with van der Waals surface area (Å²) in [6.07, 6.45) is 1.45. The van der Waals surface area contributed by atoms with Gasteiger partial charge in [0.25, 0.3) is 0 Å². The van der Waals surface area contributed by atoms with Crippen molar-refractivity contribution in [2.24, 2.45) is 0 Å². The average molecular weight is 222 g/mol. The molecule has 0 aromatic heterocycles. The van der Waals surface area contributed by atoms with Crippen LogP contribution in [0.3, 0.4) is 0 Å². The summed E-state index contributed by atoms with van der Waals surface area (Å²) in [6.45, 7) is 0.707. The summed E-state index contributed by atoms with van der Waals surface area (Å²) in [5.41, 5.74) is 0. The van der Waals surface area contributed by atoms with Crippen LogP contribution in [0.25, 0.3) is 0 Å². The fourth-order valence-electron chi connectivity index (χ4n) is 1.00. The van der Waals surface area contributed by atoms with Crippen molar-refractivity contribution in [3.8, 4) is 0 Å². The van der Waals surface area contributed by atoms with E-state index in [4.69, 9.17) is 4.74 Å². The maximum absolute atomic E-state index is 11.2. The van der Waals surface area contributed by atoms with Crippen LogP contribution < -0.4 is 0 Å². The Morgan fingerprint density at radius 1 is 1.29 bits per heavy atom. The normalized spacial score (nSPS) is 13.8. The molecule has 0 fully saturated rings. The topological polar surface area (TPSA) is 35.5 Å². The fraction of sp³-hybridized carbons (Fsp3) is 0.889. The number of quaternary nitrogens is 1. The number of methoxy groups -OCH3 is 2. The van der Waals surface area contributed by atoms with Gasteiger partial charge in [-0.3, -0.25) is 4.79 Å². The number of ether oxygens (including phenoxy) is 2. The number of esters is 1. The fourth-order valence-corrected chi connectivity index (χ4v) is 3.00. The van der Waals surface area contributed by atoms with E-state index >= 15 is 0 Å². The molecule has 0 aliphatic rings. The van der Waals surface area contributed by atoms with Gasteiger partial charge in [-0.1, -0.05) is 0 Å². The van der Waals surface area contributed by atoms with Crippen molar-refractivity contribution in [1.82, 2.24) is 0 Å². The molecule has 0 aromatic carbocycles. The predicted molar refractivity (Wildman–Crippen MR) is 58.6 cm³/mol. The van der Waals surface area contributed by atoms with E-state index in [1.807, 2.05) is 0 Å². The number of carbonyl (C=O) groups is 1. The van der Waals surface area contributed by atoms with Crippen molar-refractivity contribution in [3.05, 3.63) is 0 Å². The number of hydrogen-bond donors (Lipinski definition) is 0. The summed E-state index contributed by atoms with van der Waals surface area (Å²) >= 11 is 0. The summed E-state index contributed by atoms with van der Waals surface area (Å²) in [6, 6.07) is 0. The van der Waals surface area contributed by atoms with Crippen molar-refractivity contribution in [1.29, 1.82) is 0 Å². The summed E-state index contributed by atoms with van der Waals surface area (Å²) in [4.78, 5) is 11.2. The second kappa shape index (κ2) is 6.33. The van der Waals surface area contributed by atoms with Crippen LogP contribution in [0.1, 0.15) is 0 Å². The van der Waals surface area contributed by atoms with Gasteiger partial charge >= 0.3 is 5.97 Å². The molecule has 0 saturated carbocycles. The SMILES string of the molecule is COCCP(CC(=O)OC)[N+](C)(C)C. The molecular formula is C9H21NO3P+. The van der Waals surface area contributed by atoms with Gasteiger partial charge in [-0.25, -0.2) is 0 Å². The van der Waals surface area contributed by atoms with Crippen LogP contribution in [0.2, 0.25) is 0 Å². The molecule has 0 rings (SSSR count). The van der Waals surface area contributed by atoms with Crippen LogP contribution >= 0.6 is 8.07 Å². The molecule has 0 radical (unpaired) electrons. The third-order valence-electron chi connectivity index (χ3n) is 1.94. The molecular weight excluding hydrogens is 201 g/mol. The zero-order valence-electron chi connectivity index (χ0n) is 9.74. The van der Waals surface area contributed by atoms with Crippen LogP contribution in [0, 0.1) is 0 Å². The number of carbonyl (C=O) groups excluding carboxylic acids is 1. The highest BCUT2D eigenvalue weighted by atomic mass is 31.1. The first-order chi connectivity index (χ1) is 6.41. The minimum atomic E-state index is -0.415. The van der Waals surface area contributed by atoms with Gasteiger partial charge in [0.1, 0.15) is 14.2 Å². The van der Waals surface area contributed by atoms with Crippen LogP contribution in [0.15, 0.2) is 0 Å². The van der Waals surface area contributed by atoms with E-state index in [0.29, 0.717) is 12.8 Å². The molecule has 0 bridgehead atoms. The Bertz CT molecular complexity index is 179. The van der Waals surface area contributed by atoms with Crippen LogP contribution in [-0.2, 0) is 14.3 Å². The van der Waals surface area contributed by atoms with E-state index in [9.17, 15) is 4.79 Å². The Morgan fingerprint density at radius 2 is 1.86 bits per heavy atom. The quantitative estimate of drug-likeness (QED) is 0.495. The maximum Gasteiger partial charge on any atom is 0.315 e. The van der Waals surface area contributed by atoms with E-state index in [1.54, 1.807) is 7.11 Å². The number of hydrogen-bond acceptors (Lipinski definition) is 3. The summed E-state index contributed by atoms with van der Waals surface area (Å²) < 4.78 is 10.5. The lowest BCUT2D eigenvalue weighted by Gasteiger charge is -2.32. The Kier molecular flexibility index (Phi) is 6.25. The minimum Gasteiger partial charge on any atom is -0.469 e. The van der Waals surface area contributed by atoms with Gasteiger partial charge in [0.2, 0.25) is 0 Å². The molecule has 0 aliphatic carbocycles.